The van der Waals surface area contributed by atoms with Crippen molar-refractivity contribution in [1.82, 2.24) is 9.88 Å². The van der Waals surface area contributed by atoms with Crippen LogP contribution in [0.5, 0.6) is 0 Å². The van der Waals surface area contributed by atoms with Crippen LogP contribution >= 0.6 is 0 Å². The van der Waals surface area contributed by atoms with Crippen molar-refractivity contribution in [3.05, 3.63) is 29.6 Å². The van der Waals surface area contributed by atoms with Gasteiger partial charge in [0.1, 0.15) is 0 Å². The van der Waals surface area contributed by atoms with Crippen LogP contribution in [0.3, 0.4) is 0 Å². The molecule has 1 heterocycles. The van der Waals surface area contributed by atoms with Crippen LogP contribution < -0.4 is 5.73 Å². The van der Waals surface area contributed by atoms with Gasteiger partial charge in [-0.2, -0.15) is 0 Å². The zero-order valence-corrected chi connectivity index (χ0v) is 11.6. The molecule has 0 bridgehead atoms. The van der Waals surface area contributed by atoms with Crippen molar-refractivity contribution in [2.24, 2.45) is 11.7 Å². The van der Waals surface area contributed by atoms with Gasteiger partial charge in [0.2, 0.25) is 0 Å². The predicted octanol–water partition coefficient (Wildman–Crippen LogP) is 2.55. The SMILES string of the molecule is CC(C)CCN(Cc1ncccc1CN)C1CC1. The maximum absolute atomic E-state index is 5.78. The van der Waals surface area contributed by atoms with Gasteiger partial charge in [-0.3, -0.25) is 9.88 Å². The Labute approximate surface area is 110 Å². The maximum Gasteiger partial charge on any atom is 0.0588 e. The summed E-state index contributed by atoms with van der Waals surface area (Å²) < 4.78 is 0. The summed E-state index contributed by atoms with van der Waals surface area (Å²) in [7, 11) is 0. The third kappa shape index (κ3) is 3.79. The zero-order chi connectivity index (χ0) is 13.0. The summed E-state index contributed by atoms with van der Waals surface area (Å²) in [6.07, 6.45) is 5.84. The Hall–Kier alpha value is -0.930. The van der Waals surface area contributed by atoms with E-state index in [2.05, 4.69) is 29.8 Å². The largest absolute Gasteiger partial charge is 0.326 e. The highest BCUT2D eigenvalue weighted by Gasteiger charge is 2.29. The fourth-order valence-corrected chi connectivity index (χ4v) is 2.25. The average molecular weight is 247 g/mol. The Morgan fingerprint density at radius 1 is 1.44 bits per heavy atom. The molecule has 0 unspecified atom stereocenters. The van der Waals surface area contributed by atoms with Crippen LogP contribution in [-0.2, 0) is 13.1 Å². The van der Waals surface area contributed by atoms with Crippen molar-refractivity contribution >= 4 is 0 Å². The van der Waals surface area contributed by atoms with E-state index >= 15 is 0 Å². The summed E-state index contributed by atoms with van der Waals surface area (Å²) in [5.74, 6) is 0.768. The maximum atomic E-state index is 5.78. The first-order chi connectivity index (χ1) is 8.70. The number of rotatable bonds is 7. The molecule has 1 saturated carbocycles. The van der Waals surface area contributed by atoms with Gasteiger partial charge in [0, 0.05) is 25.3 Å². The summed E-state index contributed by atoms with van der Waals surface area (Å²) in [4.78, 5) is 7.09. The molecular formula is C15H25N3. The van der Waals surface area contributed by atoms with Gasteiger partial charge in [0.15, 0.2) is 0 Å². The van der Waals surface area contributed by atoms with Gasteiger partial charge in [0.05, 0.1) is 5.69 Å². The number of hydrogen-bond donors (Lipinski definition) is 1. The molecule has 0 radical (unpaired) electrons. The van der Waals surface area contributed by atoms with Gasteiger partial charge in [-0.1, -0.05) is 19.9 Å². The number of aromatic nitrogens is 1. The van der Waals surface area contributed by atoms with E-state index < -0.39 is 0 Å². The minimum Gasteiger partial charge on any atom is -0.326 e. The highest BCUT2D eigenvalue weighted by molar-refractivity contribution is 5.19. The molecule has 1 aliphatic carbocycles. The molecule has 1 aliphatic rings. The molecule has 0 aromatic carbocycles. The second kappa shape index (κ2) is 6.30. The Balaban J connectivity index is 1.99. The van der Waals surface area contributed by atoms with Gasteiger partial charge in [-0.05, 0) is 43.4 Å². The molecule has 0 aliphatic heterocycles. The lowest BCUT2D eigenvalue weighted by Gasteiger charge is -2.23. The summed E-state index contributed by atoms with van der Waals surface area (Å²) in [5, 5.41) is 0. The van der Waals surface area contributed by atoms with Crippen LogP contribution in [0.1, 0.15) is 44.4 Å². The van der Waals surface area contributed by atoms with E-state index in [0.29, 0.717) is 6.54 Å². The molecule has 1 fully saturated rings. The molecule has 100 valence electrons. The summed E-state index contributed by atoms with van der Waals surface area (Å²) >= 11 is 0. The average Bonchev–Trinajstić information content (AvgIpc) is 3.19. The molecule has 0 saturated heterocycles. The van der Waals surface area contributed by atoms with E-state index in [1.807, 2.05) is 12.3 Å². The van der Waals surface area contributed by atoms with Crippen molar-refractivity contribution in [1.29, 1.82) is 0 Å². The lowest BCUT2D eigenvalue weighted by Crippen LogP contribution is -2.28. The topological polar surface area (TPSA) is 42.2 Å². The Morgan fingerprint density at radius 2 is 2.22 bits per heavy atom. The van der Waals surface area contributed by atoms with Crippen molar-refractivity contribution in [3.8, 4) is 0 Å². The van der Waals surface area contributed by atoms with Crippen molar-refractivity contribution in [2.75, 3.05) is 6.54 Å². The minimum absolute atomic E-state index is 0.589. The molecule has 18 heavy (non-hydrogen) atoms. The number of pyridine rings is 1. The van der Waals surface area contributed by atoms with E-state index in [0.717, 1.165) is 24.2 Å². The van der Waals surface area contributed by atoms with Gasteiger partial charge in [-0.25, -0.2) is 0 Å². The Kier molecular flexibility index (Phi) is 4.72. The van der Waals surface area contributed by atoms with Crippen LogP contribution in [0.15, 0.2) is 18.3 Å². The van der Waals surface area contributed by atoms with Gasteiger partial charge < -0.3 is 5.73 Å². The van der Waals surface area contributed by atoms with Crippen molar-refractivity contribution < 1.29 is 0 Å². The minimum atomic E-state index is 0.589. The first-order valence-corrected chi connectivity index (χ1v) is 7.07. The van der Waals surface area contributed by atoms with Crippen molar-refractivity contribution in [2.45, 2.75) is 52.2 Å². The van der Waals surface area contributed by atoms with Gasteiger partial charge in [0.25, 0.3) is 0 Å². The highest BCUT2D eigenvalue weighted by atomic mass is 15.2. The highest BCUT2D eigenvalue weighted by Crippen LogP contribution is 2.29. The number of nitrogens with zero attached hydrogens (tertiary/aromatic N) is 2. The summed E-state index contributed by atoms with van der Waals surface area (Å²) in [6, 6.07) is 4.85. The van der Waals surface area contributed by atoms with E-state index in [1.165, 1.54) is 31.4 Å². The third-order valence-electron chi connectivity index (χ3n) is 3.61. The second-order valence-electron chi connectivity index (χ2n) is 5.70. The van der Waals surface area contributed by atoms with Crippen LogP contribution in [0, 0.1) is 5.92 Å². The summed E-state index contributed by atoms with van der Waals surface area (Å²) in [6.45, 7) is 7.31. The molecule has 2 N–H and O–H groups in total. The number of hydrogen-bond acceptors (Lipinski definition) is 3. The van der Waals surface area contributed by atoms with Crippen LogP contribution in [0.25, 0.3) is 0 Å². The molecule has 0 atom stereocenters. The fourth-order valence-electron chi connectivity index (χ4n) is 2.25. The Morgan fingerprint density at radius 3 is 2.83 bits per heavy atom. The molecule has 2 rings (SSSR count). The van der Waals surface area contributed by atoms with E-state index in [1.54, 1.807) is 0 Å². The van der Waals surface area contributed by atoms with E-state index in [9.17, 15) is 0 Å². The van der Waals surface area contributed by atoms with E-state index in [-0.39, 0.29) is 0 Å². The van der Waals surface area contributed by atoms with Crippen molar-refractivity contribution in [3.63, 3.8) is 0 Å². The lowest BCUT2D eigenvalue weighted by atomic mass is 10.1. The molecule has 3 heteroatoms. The Bertz CT molecular complexity index is 372. The van der Waals surface area contributed by atoms with Gasteiger partial charge in [-0.15, -0.1) is 0 Å². The normalized spacial score (nSPS) is 15.6. The lowest BCUT2D eigenvalue weighted by molar-refractivity contribution is 0.236. The molecule has 1 aromatic rings. The molecular weight excluding hydrogens is 222 g/mol. The molecule has 0 amide bonds. The third-order valence-corrected chi connectivity index (χ3v) is 3.61. The zero-order valence-electron chi connectivity index (χ0n) is 11.6. The standard InChI is InChI=1S/C15H25N3/c1-12(2)7-9-18(14-5-6-14)11-15-13(10-16)4-3-8-17-15/h3-4,8,12,14H,5-7,9-11,16H2,1-2H3. The quantitative estimate of drug-likeness (QED) is 0.805. The fraction of sp³-hybridized carbons (Fsp3) is 0.667. The monoisotopic (exact) mass is 247 g/mol. The van der Waals surface area contributed by atoms with Crippen LogP contribution in [-0.4, -0.2) is 22.5 Å². The predicted molar refractivity (Wildman–Crippen MR) is 75.0 cm³/mol. The first-order valence-electron chi connectivity index (χ1n) is 7.07. The molecule has 1 aromatic heterocycles. The second-order valence-corrected chi connectivity index (χ2v) is 5.70. The molecule has 0 spiro atoms. The van der Waals surface area contributed by atoms with Crippen LogP contribution in [0.2, 0.25) is 0 Å². The number of nitrogens with two attached hydrogens (primary N) is 1. The van der Waals surface area contributed by atoms with Gasteiger partial charge >= 0.3 is 0 Å². The van der Waals surface area contributed by atoms with Crippen LogP contribution in [0.4, 0.5) is 0 Å². The smallest absolute Gasteiger partial charge is 0.0588 e. The first kappa shape index (κ1) is 13.5. The molecule has 3 nitrogen and oxygen atoms in total. The summed E-state index contributed by atoms with van der Waals surface area (Å²) in [5.41, 5.74) is 8.13. The van der Waals surface area contributed by atoms with E-state index in [4.69, 9.17) is 5.73 Å².